The van der Waals surface area contributed by atoms with Gasteiger partial charge in [-0.15, -0.1) is 0 Å². The summed E-state index contributed by atoms with van der Waals surface area (Å²) in [5.41, 5.74) is 3.38. The van der Waals surface area contributed by atoms with Crippen LogP contribution in [0.2, 0.25) is 0 Å². The first kappa shape index (κ1) is 36.2. The van der Waals surface area contributed by atoms with Gasteiger partial charge in [0.05, 0.1) is 37.2 Å². The number of anilines is 4. The zero-order valence-electron chi connectivity index (χ0n) is 28.3. The zero-order chi connectivity index (χ0) is 35.1. The Morgan fingerprint density at radius 3 is 2.35 bits per heavy atom. The molecule has 0 saturated heterocycles. The number of carbonyl (C=O) groups is 1. The lowest BCUT2D eigenvalue weighted by Gasteiger charge is -2.17. The van der Waals surface area contributed by atoms with Crippen molar-refractivity contribution in [3.8, 4) is 11.1 Å². The van der Waals surface area contributed by atoms with Crippen LogP contribution in [0.5, 0.6) is 0 Å². The van der Waals surface area contributed by atoms with Crippen molar-refractivity contribution in [1.29, 1.82) is 0 Å². The molecule has 2 aromatic heterocycles. The van der Waals surface area contributed by atoms with Crippen molar-refractivity contribution in [3.05, 3.63) is 77.2 Å². The van der Waals surface area contributed by atoms with Crippen molar-refractivity contribution in [2.24, 2.45) is 0 Å². The number of benzene rings is 2. The number of alkyl halides is 3. The quantitative estimate of drug-likeness (QED) is 0.114. The number of nitrogens with one attached hydrogen (secondary N) is 2. The summed E-state index contributed by atoms with van der Waals surface area (Å²) >= 11 is 0. The second-order valence-electron chi connectivity index (χ2n) is 11.4. The van der Waals surface area contributed by atoms with E-state index >= 15 is 0 Å². The molecule has 1 aliphatic heterocycles. The van der Waals surface area contributed by atoms with E-state index < -0.39 is 25.9 Å². The average Bonchev–Trinajstić information content (AvgIpc) is 3.66. The third-order valence-electron chi connectivity index (χ3n) is 8.17. The minimum atomic E-state index is -4.74. The smallest absolute Gasteiger partial charge is 0.339 e. The highest BCUT2D eigenvalue weighted by molar-refractivity contribution is 7.46. The number of hydrogen-bond acceptors (Lipinski definition) is 9. The van der Waals surface area contributed by atoms with Crippen LogP contribution in [-0.2, 0) is 34.5 Å². The Morgan fingerprint density at radius 2 is 1.69 bits per heavy atom. The Labute approximate surface area is 285 Å². The van der Waals surface area contributed by atoms with E-state index in [4.69, 9.17) is 9.05 Å². The molecule has 4 aromatic rings. The zero-order valence-corrected chi connectivity index (χ0v) is 29.2. The maximum Gasteiger partial charge on any atom is 0.421 e. The second-order valence-corrected chi connectivity index (χ2v) is 12.9. The molecule has 262 valence electrons. The molecule has 0 unspecified atom stereocenters. The molecule has 1 amide bonds. The van der Waals surface area contributed by atoms with Gasteiger partial charge in [0.15, 0.2) is 8.38 Å². The van der Waals surface area contributed by atoms with Crippen LogP contribution in [0.15, 0.2) is 55.0 Å². The van der Waals surface area contributed by atoms with Gasteiger partial charge in [-0.25, -0.2) is 4.98 Å². The number of halogens is 3. The predicted molar refractivity (Wildman–Crippen MR) is 185 cm³/mol. The van der Waals surface area contributed by atoms with E-state index in [0.717, 1.165) is 42.5 Å². The lowest BCUT2D eigenvalue weighted by Crippen LogP contribution is -2.27. The number of hydrogen-bond donors (Lipinski definition) is 2. The number of carbonyl (C=O) groups excluding carboxylic acids is 1. The van der Waals surface area contributed by atoms with Gasteiger partial charge in [-0.05, 0) is 61.8 Å². The molecule has 5 rings (SSSR count). The number of aromatic nitrogens is 4. The highest BCUT2D eigenvalue weighted by Crippen LogP contribution is 2.43. The van der Waals surface area contributed by atoms with Crippen LogP contribution < -0.4 is 10.6 Å². The first-order valence-electron chi connectivity index (χ1n) is 16.3. The molecule has 0 spiro atoms. The fourth-order valence-electron chi connectivity index (χ4n) is 5.60. The van der Waals surface area contributed by atoms with Gasteiger partial charge in [-0.3, -0.25) is 9.48 Å². The average molecular weight is 699 g/mol. The van der Waals surface area contributed by atoms with Crippen molar-refractivity contribution in [1.82, 2.24) is 29.5 Å². The largest absolute Gasteiger partial charge is 0.421 e. The summed E-state index contributed by atoms with van der Waals surface area (Å²) < 4.78 is 55.8. The Morgan fingerprint density at radius 1 is 0.980 bits per heavy atom. The molecule has 3 heterocycles. The molecule has 0 aliphatic carbocycles. The van der Waals surface area contributed by atoms with Gasteiger partial charge in [0, 0.05) is 49.9 Å². The van der Waals surface area contributed by atoms with Crippen LogP contribution in [0, 0.1) is 0 Å². The number of rotatable bonds is 16. The Balaban J connectivity index is 1.41. The van der Waals surface area contributed by atoms with Crippen LogP contribution in [-0.4, -0.2) is 75.4 Å². The van der Waals surface area contributed by atoms with Crippen LogP contribution in [0.1, 0.15) is 54.7 Å². The van der Waals surface area contributed by atoms with Gasteiger partial charge in [-0.1, -0.05) is 32.0 Å². The van der Waals surface area contributed by atoms with Crippen molar-refractivity contribution >= 4 is 37.4 Å². The normalized spacial score (nSPS) is 13.1. The van der Waals surface area contributed by atoms with Gasteiger partial charge in [0.1, 0.15) is 11.4 Å². The molecule has 0 radical (unpaired) electrons. The topological polar surface area (TPSA) is 110 Å². The monoisotopic (exact) mass is 698 g/mol. The van der Waals surface area contributed by atoms with Gasteiger partial charge in [0.2, 0.25) is 5.95 Å². The van der Waals surface area contributed by atoms with E-state index in [1.165, 1.54) is 4.90 Å². The summed E-state index contributed by atoms with van der Waals surface area (Å²) in [7, 11) is 0.605. The molecule has 0 atom stereocenters. The highest BCUT2D eigenvalue weighted by Gasteiger charge is 2.37. The van der Waals surface area contributed by atoms with Gasteiger partial charge < -0.3 is 29.5 Å². The molecule has 49 heavy (non-hydrogen) atoms. The number of likely N-dealkylation sites (N-methyl/N-ethyl adjacent to an activating group) is 1. The molecule has 0 fully saturated rings. The summed E-state index contributed by atoms with van der Waals surface area (Å²) in [4.78, 5) is 25.4. The Hall–Kier alpha value is -4.10. The van der Waals surface area contributed by atoms with E-state index in [9.17, 15) is 18.0 Å². The van der Waals surface area contributed by atoms with Crippen LogP contribution in [0.3, 0.4) is 0 Å². The van der Waals surface area contributed by atoms with Crippen LogP contribution >= 0.6 is 8.38 Å². The second kappa shape index (κ2) is 16.1. The maximum absolute atomic E-state index is 14.2. The van der Waals surface area contributed by atoms with Gasteiger partial charge in [-0.2, -0.15) is 23.3 Å². The lowest BCUT2D eigenvalue weighted by molar-refractivity contribution is -0.137. The molecule has 2 N–H and O–H groups in total. The maximum atomic E-state index is 14.2. The van der Waals surface area contributed by atoms with E-state index in [1.807, 2.05) is 36.9 Å². The summed E-state index contributed by atoms with van der Waals surface area (Å²) in [5.74, 6) is -0.808. The SMILES string of the molecule is CCOP(Cc1ccc(Nc2ncc(C(F)(F)F)c(Nc3ccc(-c4cnn(CCN(CC)CC)c4)c4c3C(=O)N(C)C4)n2)cc1)OCC. The highest BCUT2D eigenvalue weighted by atomic mass is 31.2. The summed E-state index contributed by atoms with van der Waals surface area (Å²) in [6.45, 7) is 12.9. The van der Waals surface area contributed by atoms with E-state index in [0.29, 0.717) is 49.3 Å². The summed E-state index contributed by atoms with van der Waals surface area (Å²) in [6.07, 6.45) is 0.285. The third-order valence-corrected chi connectivity index (χ3v) is 9.88. The number of amides is 1. The molecule has 11 nitrogen and oxygen atoms in total. The summed E-state index contributed by atoms with van der Waals surface area (Å²) in [5, 5.41) is 10.3. The lowest BCUT2D eigenvalue weighted by atomic mass is 9.97. The van der Waals surface area contributed by atoms with E-state index in [2.05, 4.69) is 44.4 Å². The molecule has 1 aliphatic rings. The first-order chi connectivity index (χ1) is 23.5. The van der Waals surface area contributed by atoms with Crippen molar-refractivity contribution in [2.45, 2.75) is 53.1 Å². The van der Waals surface area contributed by atoms with Crippen LogP contribution in [0.25, 0.3) is 11.1 Å². The van der Waals surface area contributed by atoms with E-state index in [1.54, 1.807) is 37.5 Å². The predicted octanol–water partition coefficient (Wildman–Crippen LogP) is 7.66. The van der Waals surface area contributed by atoms with Crippen molar-refractivity contribution in [2.75, 3.05) is 50.5 Å². The standard InChI is InChI=1S/C34H42F3N8O3P/c1-6-44(7-2)16-17-45-20-24(18-39-45)26-14-15-29(30-27(26)21-43(5)32(30)46)41-31-28(34(35,36)37)19-38-33(42-31)40-25-12-10-23(11-13-25)22-49(47-8-3)48-9-4/h10-15,18-20H,6-9,16-17,21-22H2,1-5H3,(H2,38,40,41,42). The Bertz CT molecular complexity index is 1720. The van der Waals surface area contributed by atoms with Gasteiger partial charge >= 0.3 is 6.18 Å². The van der Waals surface area contributed by atoms with E-state index in [-0.39, 0.29) is 17.5 Å². The van der Waals surface area contributed by atoms with Crippen LogP contribution in [0.4, 0.5) is 36.3 Å². The third kappa shape index (κ3) is 8.74. The molecule has 15 heteroatoms. The van der Waals surface area contributed by atoms with Crippen molar-refractivity contribution < 1.29 is 27.0 Å². The fraction of sp³-hybridized carbons (Fsp3) is 0.412. The molecule has 2 aromatic carbocycles. The Kier molecular flexibility index (Phi) is 11.9. The molecule has 0 saturated carbocycles. The van der Waals surface area contributed by atoms with Crippen molar-refractivity contribution in [3.63, 3.8) is 0 Å². The van der Waals surface area contributed by atoms with Gasteiger partial charge in [0.25, 0.3) is 5.91 Å². The number of nitrogens with zero attached hydrogens (tertiary/aromatic N) is 6. The first-order valence-corrected chi connectivity index (χ1v) is 17.7. The minimum Gasteiger partial charge on any atom is -0.339 e. The minimum absolute atomic E-state index is 0.0389. The summed E-state index contributed by atoms with van der Waals surface area (Å²) in [6, 6.07) is 10.8. The molecule has 0 bridgehead atoms. The number of fused-ring (bicyclic) bond motifs is 1. The molecular formula is C34H42F3N8O3P. The molecular weight excluding hydrogens is 656 g/mol. The fourth-order valence-corrected chi connectivity index (χ4v) is 6.94.